The van der Waals surface area contributed by atoms with Gasteiger partial charge in [-0.15, -0.1) is 11.3 Å². The van der Waals surface area contributed by atoms with Gasteiger partial charge in [-0.2, -0.15) is 0 Å². The number of thiazole rings is 1. The standard InChI is InChI=1S/C20H27N5O2S/c1-4-27-20(26)25-12-10-24(11-13-25)19(21-3)22-14-17-15(2)23-18(28-17)16-8-6-5-7-9-16/h5-9H,4,10-14H2,1-3H3,(H,21,22). The van der Waals surface area contributed by atoms with E-state index < -0.39 is 0 Å². The lowest BCUT2D eigenvalue weighted by atomic mass is 10.2. The van der Waals surface area contributed by atoms with Crippen molar-refractivity contribution < 1.29 is 9.53 Å². The van der Waals surface area contributed by atoms with E-state index in [2.05, 4.69) is 27.3 Å². The Labute approximate surface area is 170 Å². The minimum atomic E-state index is -0.237. The lowest BCUT2D eigenvalue weighted by Gasteiger charge is -2.35. The second-order valence-electron chi connectivity index (χ2n) is 6.47. The molecule has 0 radical (unpaired) electrons. The Balaban J connectivity index is 1.57. The van der Waals surface area contributed by atoms with Gasteiger partial charge in [0.15, 0.2) is 5.96 Å². The summed E-state index contributed by atoms with van der Waals surface area (Å²) in [4.78, 5) is 26.1. The number of rotatable bonds is 4. The highest BCUT2D eigenvalue weighted by atomic mass is 32.1. The van der Waals surface area contributed by atoms with E-state index in [9.17, 15) is 4.79 Å². The van der Waals surface area contributed by atoms with Gasteiger partial charge in [0.05, 0.1) is 18.8 Å². The molecular weight excluding hydrogens is 374 g/mol. The highest BCUT2D eigenvalue weighted by Gasteiger charge is 2.23. The lowest BCUT2D eigenvalue weighted by molar-refractivity contribution is 0.0914. The molecule has 2 heterocycles. The van der Waals surface area contributed by atoms with Gasteiger partial charge < -0.3 is 19.9 Å². The Hall–Kier alpha value is -2.61. The summed E-state index contributed by atoms with van der Waals surface area (Å²) < 4.78 is 5.08. The Bertz CT molecular complexity index is 813. The van der Waals surface area contributed by atoms with E-state index >= 15 is 0 Å². The second-order valence-corrected chi connectivity index (χ2v) is 7.55. The van der Waals surface area contributed by atoms with E-state index in [1.807, 2.05) is 32.0 Å². The number of aromatic nitrogens is 1. The third kappa shape index (κ3) is 4.81. The first kappa shape index (κ1) is 20.1. The number of amides is 1. The summed E-state index contributed by atoms with van der Waals surface area (Å²) in [5, 5.41) is 4.48. The summed E-state index contributed by atoms with van der Waals surface area (Å²) in [6.45, 7) is 7.69. The molecule has 1 aliphatic rings. The molecule has 0 unspecified atom stereocenters. The number of nitrogens with zero attached hydrogens (tertiary/aromatic N) is 4. The summed E-state index contributed by atoms with van der Waals surface area (Å²) in [6, 6.07) is 10.2. The van der Waals surface area contributed by atoms with Crippen LogP contribution in [-0.2, 0) is 11.3 Å². The third-order valence-electron chi connectivity index (χ3n) is 4.64. The van der Waals surface area contributed by atoms with Gasteiger partial charge in [0.1, 0.15) is 5.01 Å². The van der Waals surface area contributed by atoms with E-state index in [-0.39, 0.29) is 6.09 Å². The minimum Gasteiger partial charge on any atom is -0.450 e. The molecule has 0 atom stereocenters. The van der Waals surface area contributed by atoms with Crippen LogP contribution in [0.1, 0.15) is 17.5 Å². The Morgan fingerprint density at radius 1 is 1.21 bits per heavy atom. The lowest BCUT2D eigenvalue weighted by Crippen LogP contribution is -2.53. The number of aliphatic imine (C=N–C) groups is 1. The molecule has 1 fully saturated rings. The molecule has 1 aromatic heterocycles. The van der Waals surface area contributed by atoms with Crippen LogP contribution in [0, 0.1) is 6.92 Å². The molecule has 2 aromatic rings. The van der Waals surface area contributed by atoms with Crippen molar-refractivity contribution in [3.05, 3.63) is 40.9 Å². The molecule has 7 nitrogen and oxygen atoms in total. The first-order chi connectivity index (χ1) is 13.6. The fraction of sp³-hybridized carbons (Fsp3) is 0.450. The van der Waals surface area contributed by atoms with Gasteiger partial charge in [0.25, 0.3) is 0 Å². The van der Waals surface area contributed by atoms with Crippen LogP contribution in [0.4, 0.5) is 4.79 Å². The maximum absolute atomic E-state index is 11.8. The number of carbonyl (C=O) groups excluding carboxylic acids is 1. The van der Waals surface area contributed by atoms with Crippen LogP contribution in [-0.4, -0.2) is 66.7 Å². The Kier molecular flexibility index (Phi) is 6.86. The molecular formula is C20H27N5O2S. The molecule has 0 aliphatic carbocycles. The molecule has 1 saturated heterocycles. The second kappa shape index (κ2) is 9.54. The Morgan fingerprint density at radius 2 is 1.89 bits per heavy atom. The number of nitrogens with one attached hydrogen (secondary N) is 1. The van der Waals surface area contributed by atoms with Crippen molar-refractivity contribution in [2.75, 3.05) is 39.8 Å². The molecule has 1 aliphatic heterocycles. The average molecular weight is 402 g/mol. The van der Waals surface area contributed by atoms with Gasteiger partial charge in [-0.05, 0) is 13.8 Å². The number of hydrogen-bond donors (Lipinski definition) is 1. The molecule has 3 rings (SSSR count). The van der Waals surface area contributed by atoms with Crippen LogP contribution < -0.4 is 5.32 Å². The maximum Gasteiger partial charge on any atom is 0.409 e. The number of hydrogen-bond acceptors (Lipinski definition) is 5. The molecule has 1 aromatic carbocycles. The summed E-state index contributed by atoms with van der Waals surface area (Å²) in [7, 11) is 1.79. The minimum absolute atomic E-state index is 0.237. The number of guanidine groups is 1. The predicted molar refractivity (Wildman–Crippen MR) is 113 cm³/mol. The fourth-order valence-electron chi connectivity index (χ4n) is 3.10. The van der Waals surface area contributed by atoms with Crippen LogP contribution in [0.5, 0.6) is 0 Å². The van der Waals surface area contributed by atoms with Gasteiger partial charge >= 0.3 is 6.09 Å². The number of piperazine rings is 1. The summed E-state index contributed by atoms with van der Waals surface area (Å²) in [5.41, 5.74) is 2.18. The highest BCUT2D eigenvalue weighted by Crippen LogP contribution is 2.27. The van der Waals surface area contributed by atoms with Crippen molar-refractivity contribution in [1.82, 2.24) is 20.1 Å². The number of aryl methyl sites for hydroxylation is 1. The van der Waals surface area contributed by atoms with Gasteiger partial charge in [-0.3, -0.25) is 4.99 Å². The van der Waals surface area contributed by atoms with Crippen LogP contribution in [0.3, 0.4) is 0 Å². The molecule has 8 heteroatoms. The molecule has 0 saturated carbocycles. The van der Waals surface area contributed by atoms with Gasteiger partial charge in [0, 0.05) is 43.7 Å². The average Bonchev–Trinajstić information content (AvgIpc) is 3.10. The molecule has 150 valence electrons. The van der Waals surface area contributed by atoms with E-state index in [0.29, 0.717) is 26.2 Å². The maximum atomic E-state index is 11.8. The summed E-state index contributed by atoms with van der Waals surface area (Å²) in [5.74, 6) is 0.845. The number of ether oxygens (including phenoxy) is 1. The summed E-state index contributed by atoms with van der Waals surface area (Å²) >= 11 is 1.70. The zero-order valence-electron chi connectivity index (χ0n) is 16.6. The molecule has 1 N–H and O–H groups in total. The predicted octanol–water partition coefficient (Wildman–Crippen LogP) is 2.97. The highest BCUT2D eigenvalue weighted by molar-refractivity contribution is 7.15. The van der Waals surface area contributed by atoms with Crippen molar-refractivity contribution in [3.63, 3.8) is 0 Å². The van der Waals surface area contributed by atoms with Crippen LogP contribution in [0.2, 0.25) is 0 Å². The molecule has 1 amide bonds. The first-order valence-corrected chi connectivity index (χ1v) is 10.3. The molecule has 0 bridgehead atoms. The van der Waals surface area contributed by atoms with Crippen LogP contribution in [0.15, 0.2) is 35.3 Å². The van der Waals surface area contributed by atoms with Crippen LogP contribution >= 0.6 is 11.3 Å². The largest absolute Gasteiger partial charge is 0.450 e. The Morgan fingerprint density at radius 3 is 2.54 bits per heavy atom. The topological polar surface area (TPSA) is 70.1 Å². The van der Waals surface area contributed by atoms with Crippen molar-refractivity contribution in [2.45, 2.75) is 20.4 Å². The molecule has 28 heavy (non-hydrogen) atoms. The first-order valence-electron chi connectivity index (χ1n) is 9.51. The zero-order valence-corrected chi connectivity index (χ0v) is 17.5. The third-order valence-corrected chi connectivity index (χ3v) is 5.84. The van der Waals surface area contributed by atoms with E-state index in [1.165, 1.54) is 4.88 Å². The van der Waals surface area contributed by atoms with E-state index in [4.69, 9.17) is 9.72 Å². The van der Waals surface area contributed by atoms with Gasteiger partial charge in [-0.1, -0.05) is 30.3 Å². The van der Waals surface area contributed by atoms with Crippen LogP contribution in [0.25, 0.3) is 10.6 Å². The monoisotopic (exact) mass is 401 g/mol. The summed E-state index contributed by atoms with van der Waals surface area (Å²) in [6.07, 6.45) is -0.237. The number of benzene rings is 1. The normalized spacial score (nSPS) is 14.9. The molecule has 0 spiro atoms. The van der Waals surface area contributed by atoms with Crippen molar-refractivity contribution in [3.8, 4) is 10.6 Å². The van der Waals surface area contributed by atoms with Crippen molar-refractivity contribution in [2.24, 2.45) is 4.99 Å². The van der Waals surface area contributed by atoms with E-state index in [1.54, 1.807) is 23.3 Å². The van der Waals surface area contributed by atoms with Crippen molar-refractivity contribution in [1.29, 1.82) is 0 Å². The quantitative estimate of drug-likeness (QED) is 0.630. The number of carbonyl (C=O) groups is 1. The smallest absolute Gasteiger partial charge is 0.409 e. The zero-order chi connectivity index (χ0) is 19.9. The fourth-order valence-corrected chi connectivity index (χ4v) is 4.11. The van der Waals surface area contributed by atoms with Gasteiger partial charge in [0.2, 0.25) is 0 Å². The SMILES string of the molecule is CCOC(=O)N1CCN(C(=NC)NCc2sc(-c3ccccc3)nc2C)CC1. The van der Waals surface area contributed by atoms with Gasteiger partial charge in [-0.25, -0.2) is 9.78 Å². The van der Waals surface area contributed by atoms with E-state index in [0.717, 1.165) is 35.3 Å². The van der Waals surface area contributed by atoms with Crippen molar-refractivity contribution >= 4 is 23.4 Å².